The normalized spacial score (nSPS) is 10.9. The smallest absolute Gasteiger partial charge is 0.263 e. The first-order valence-corrected chi connectivity index (χ1v) is 11.6. The number of anilines is 2. The second-order valence-corrected chi connectivity index (χ2v) is 9.50. The van der Waals surface area contributed by atoms with Gasteiger partial charge in [-0.1, -0.05) is 12.1 Å². The van der Waals surface area contributed by atoms with Crippen molar-refractivity contribution in [3.63, 3.8) is 0 Å². The van der Waals surface area contributed by atoms with Crippen molar-refractivity contribution in [2.45, 2.75) is 4.90 Å². The molecule has 0 fully saturated rings. The highest BCUT2D eigenvalue weighted by Gasteiger charge is 2.16. The maximum atomic E-state index is 12.3. The van der Waals surface area contributed by atoms with Gasteiger partial charge in [-0.25, -0.2) is 13.4 Å². The molecule has 0 saturated carbocycles. The third kappa shape index (κ3) is 5.25. The van der Waals surface area contributed by atoms with Gasteiger partial charge in [-0.3, -0.25) is 14.8 Å². The fourth-order valence-corrected chi connectivity index (χ4v) is 4.77. The van der Waals surface area contributed by atoms with Crippen molar-refractivity contribution < 1.29 is 13.2 Å². The van der Waals surface area contributed by atoms with Gasteiger partial charge in [-0.15, -0.1) is 11.3 Å². The van der Waals surface area contributed by atoms with Crippen LogP contribution in [0.5, 0.6) is 0 Å². The molecular formula is C17H13IN4O3S3. The number of aromatic nitrogens is 1. The van der Waals surface area contributed by atoms with Crippen LogP contribution >= 0.6 is 46.1 Å². The quantitative estimate of drug-likeness (QED) is 0.335. The van der Waals surface area contributed by atoms with Gasteiger partial charge in [0.05, 0.1) is 10.5 Å². The van der Waals surface area contributed by atoms with E-state index in [1.807, 2.05) is 12.1 Å². The molecule has 0 unspecified atom stereocenters. The van der Waals surface area contributed by atoms with Crippen LogP contribution in [0.1, 0.15) is 10.4 Å². The zero-order valence-electron chi connectivity index (χ0n) is 14.0. The van der Waals surface area contributed by atoms with E-state index in [4.69, 9.17) is 12.2 Å². The van der Waals surface area contributed by atoms with Gasteiger partial charge in [-0.2, -0.15) is 0 Å². The Morgan fingerprint density at radius 2 is 1.82 bits per heavy atom. The molecule has 0 radical (unpaired) electrons. The Morgan fingerprint density at radius 3 is 2.46 bits per heavy atom. The van der Waals surface area contributed by atoms with Crippen LogP contribution in [0.15, 0.2) is 65.0 Å². The van der Waals surface area contributed by atoms with Crippen molar-refractivity contribution in [1.29, 1.82) is 0 Å². The van der Waals surface area contributed by atoms with Crippen LogP contribution in [0.2, 0.25) is 0 Å². The second kappa shape index (κ2) is 8.94. The van der Waals surface area contributed by atoms with Crippen molar-refractivity contribution in [1.82, 2.24) is 10.3 Å². The van der Waals surface area contributed by atoms with Crippen molar-refractivity contribution in [2.24, 2.45) is 0 Å². The third-order valence-electron chi connectivity index (χ3n) is 3.42. The molecule has 144 valence electrons. The number of nitrogens with zero attached hydrogens (tertiary/aromatic N) is 1. The molecule has 11 heteroatoms. The SMILES string of the molecule is O=C(NC(=S)Nc1ccc(S(=O)(=O)Nc2nccs2)cc1)c1ccccc1I. The topological polar surface area (TPSA) is 100 Å². The molecule has 1 amide bonds. The molecule has 3 rings (SSSR count). The minimum atomic E-state index is -3.72. The molecule has 2 aromatic carbocycles. The Kier molecular flexibility index (Phi) is 6.59. The minimum absolute atomic E-state index is 0.0852. The first-order chi connectivity index (χ1) is 13.3. The first-order valence-electron chi connectivity index (χ1n) is 7.74. The summed E-state index contributed by atoms with van der Waals surface area (Å²) >= 11 is 8.42. The van der Waals surface area contributed by atoms with E-state index in [1.165, 1.54) is 29.7 Å². The summed E-state index contributed by atoms with van der Waals surface area (Å²) in [4.78, 5) is 16.3. The predicted molar refractivity (Wildman–Crippen MR) is 122 cm³/mol. The van der Waals surface area contributed by atoms with Gasteiger partial charge >= 0.3 is 0 Å². The highest BCUT2D eigenvalue weighted by Crippen LogP contribution is 2.19. The number of thiocarbonyl (C=S) groups is 1. The monoisotopic (exact) mass is 544 g/mol. The Bertz CT molecular complexity index is 1100. The maximum absolute atomic E-state index is 12.3. The Balaban J connectivity index is 1.63. The summed E-state index contributed by atoms with van der Waals surface area (Å²) in [6, 6.07) is 13.1. The van der Waals surface area contributed by atoms with E-state index < -0.39 is 10.0 Å². The number of sulfonamides is 1. The molecule has 1 heterocycles. The summed E-state index contributed by atoms with van der Waals surface area (Å²) in [5.41, 5.74) is 1.06. The van der Waals surface area contributed by atoms with Crippen LogP contribution in [0.25, 0.3) is 0 Å². The van der Waals surface area contributed by atoms with Crippen molar-refractivity contribution in [2.75, 3.05) is 10.0 Å². The highest BCUT2D eigenvalue weighted by atomic mass is 127. The molecule has 0 aliphatic rings. The van der Waals surface area contributed by atoms with Crippen LogP contribution in [-0.2, 0) is 10.0 Å². The van der Waals surface area contributed by atoms with E-state index in [0.29, 0.717) is 16.4 Å². The van der Waals surface area contributed by atoms with E-state index in [1.54, 1.807) is 29.6 Å². The number of carbonyl (C=O) groups excluding carboxylic acids is 1. The van der Waals surface area contributed by atoms with E-state index in [9.17, 15) is 13.2 Å². The number of carbonyl (C=O) groups is 1. The molecule has 1 aromatic heterocycles. The van der Waals surface area contributed by atoms with E-state index >= 15 is 0 Å². The van der Waals surface area contributed by atoms with Crippen molar-refractivity contribution >= 4 is 78.0 Å². The zero-order chi connectivity index (χ0) is 20.1. The van der Waals surface area contributed by atoms with E-state index in [2.05, 4.69) is 42.9 Å². The lowest BCUT2D eigenvalue weighted by Crippen LogP contribution is -2.34. The number of halogens is 1. The molecule has 0 aliphatic carbocycles. The summed E-state index contributed by atoms with van der Waals surface area (Å²) < 4.78 is 27.8. The van der Waals surface area contributed by atoms with Crippen molar-refractivity contribution in [3.05, 3.63) is 69.2 Å². The van der Waals surface area contributed by atoms with E-state index in [0.717, 1.165) is 3.57 Å². The summed E-state index contributed by atoms with van der Waals surface area (Å²) in [5.74, 6) is -0.325. The number of rotatable bonds is 5. The third-order valence-corrected chi connectivity index (χ3v) is 6.74. The average Bonchev–Trinajstić information content (AvgIpc) is 3.14. The van der Waals surface area contributed by atoms with Crippen LogP contribution in [0, 0.1) is 3.57 Å². The number of hydrogen-bond acceptors (Lipinski definition) is 6. The number of nitrogens with one attached hydrogen (secondary N) is 3. The Morgan fingerprint density at radius 1 is 1.11 bits per heavy atom. The molecule has 28 heavy (non-hydrogen) atoms. The second-order valence-electron chi connectivity index (χ2n) is 5.36. The average molecular weight is 544 g/mol. The molecule has 0 atom stereocenters. The molecule has 0 saturated heterocycles. The van der Waals surface area contributed by atoms with Gasteiger partial charge < -0.3 is 5.32 Å². The minimum Gasteiger partial charge on any atom is -0.332 e. The molecule has 7 nitrogen and oxygen atoms in total. The lowest BCUT2D eigenvalue weighted by atomic mass is 10.2. The first kappa shape index (κ1) is 20.6. The van der Waals surface area contributed by atoms with Gasteiger partial charge in [0.25, 0.3) is 15.9 Å². The summed E-state index contributed by atoms with van der Waals surface area (Å²) in [5, 5.41) is 7.54. The molecule has 0 spiro atoms. The van der Waals surface area contributed by atoms with E-state index in [-0.39, 0.29) is 15.9 Å². The fourth-order valence-electron chi connectivity index (χ4n) is 2.14. The van der Waals surface area contributed by atoms with Gasteiger partial charge in [-0.05, 0) is 71.2 Å². The lowest BCUT2D eigenvalue weighted by Gasteiger charge is -2.11. The Labute approximate surface area is 184 Å². The molecule has 3 N–H and O–H groups in total. The largest absolute Gasteiger partial charge is 0.332 e. The maximum Gasteiger partial charge on any atom is 0.263 e. The molecule has 0 bridgehead atoms. The van der Waals surface area contributed by atoms with Crippen LogP contribution in [-0.4, -0.2) is 24.4 Å². The number of amides is 1. The van der Waals surface area contributed by atoms with Crippen LogP contribution in [0.4, 0.5) is 10.8 Å². The van der Waals surface area contributed by atoms with Crippen LogP contribution in [0.3, 0.4) is 0 Å². The number of thiazole rings is 1. The highest BCUT2D eigenvalue weighted by molar-refractivity contribution is 14.1. The van der Waals surface area contributed by atoms with Crippen molar-refractivity contribution in [3.8, 4) is 0 Å². The summed E-state index contributed by atoms with van der Waals surface area (Å²) in [7, 11) is -3.72. The zero-order valence-corrected chi connectivity index (χ0v) is 18.7. The number of benzene rings is 2. The van der Waals surface area contributed by atoms with Gasteiger partial charge in [0.1, 0.15) is 0 Å². The number of hydrogen-bond donors (Lipinski definition) is 3. The Hall–Kier alpha value is -2.09. The summed E-state index contributed by atoms with van der Waals surface area (Å²) in [6.45, 7) is 0. The van der Waals surface area contributed by atoms with Gasteiger partial charge in [0, 0.05) is 20.8 Å². The molecular weight excluding hydrogens is 531 g/mol. The molecule has 3 aromatic rings. The fraction of sp³-hybridized carbons (Fsp3) is 0. The van der Waals surface area contributed by atoms with Gasteiger partial charge in [0.15, 0.2) is 10.2 Å². The summed E-state index contributed by atoms with van der Waals surface area (Å²) in [6.07, 6.45) is 1.52. The standard InChI is InChI=1S/C17H13IN4O3S3/c18-14-4-2-1-3-13(14)15(23)21-16(26)20-11-5-7-12(8-6-11)28(24,25)22-17-19-9-10-27-17/h1-10H,(H,19,22)(H2,20,21,23,26). The van der Waals surface area contributed by atoms with Gasteiger partial charge in [0.2, 0.25) is 0 Å². The predicted octanol–water partition coefficient (Wildman–Crippen LogP) is 3.68. The molecule has 0 aliphatic heterocycles. The van der Waals surface area contributed by atoms with Crippen LogP contribution < -0.4 is 15.4 Å². The lowest BCUT2D eigenvalue weighted by molar-refractivity contribution is 0.0977.